The van der Waals surface area contributed by atoms with Gasteiger partial charge in [-0.3, -0.25) is 4.72 Å². The van der Waals surface area contributed by atoms with Crippen LogP contribution in [0.1, 0.15) is 5.01 Å². The van der Waals surface area contributed by atoms with Crippen LogP contribution >= 0.6 is 27.3 Å². The molecule has 0 aliphatic heterocycles. The molecule has 10 heteroatoms. The third-order valence-electron chi connectivity index (χ3n) is 2.09. The van der Waals surface area contributed by atoms with Crippen molar-refractivity contribution in [3.8, 4) is 0 Å². The lowest BCUT2D eigenvalue weighted by Crippen LogP contribution is -2.15. The van der Waals surface area contributed by atoms with Crippen LogP contribution in [0.2, 0.25) is 0 Å². The zero-order valence-electron chi connectivity index (χ0n) is 9.52. The van der Waals surface area contributed by atoms with Crippen molar-refractivity contribution >= 4 is 48.1 Å². The highest BCUT2D eigenvalue weighted by Crippen LogP contribution is 2.28. The van der Waals surface area contributed by atoms with Gasteiger partial charge in [0, 0.05) is 0 Å². The fourth-order valence-corrected chi connectivity index (χ4v) is 3.74. The van der Waals surface area contributed by atoms with Gasteiger partial charge >= 0.3 is 0 Å². The van der Waals surface area contributed by atoms with Crippen molar-refractivity contribution in [1.82, 2.24) is 10.2 Å². The van der Waals surface area contributed by atoms with Crippen LogP contribution < -0.4 is 10.5 Å². The second-order valence-electron chi connectivity index (χ2n) is 3.54. The Bertz CT molecular complexity index is 732. The summed E-state index contributed by atoms with van der Waals surface area (Å²) in [6.07, 6.45) is 0. The minimum atomic E-state index is -3.93. The van der Waals surface area contributed by atoms with Gasteiger partial charge in [0.05, 0.1) is 10.2 Å². The van der Waals surface area contributed by atoms with Gasteiger partial charge in [-0.15, -0.1) is 10.2 Å². The highest BCUT2D eigenvalue weighted by molar-refractivity contribution is 9.10. The van der Waals surface area contributed by atoms with Crippen molar-refractivity contribution in [3.05, 3.63) is 27.4 Å². The first kappa shape index (κ1) is 14.2. The van der Waals surface area contributed by atoms with Crippen LogP contribution in [0.3, 0.4) is 0 Å². The number of halogens is 2. The van der Waals surface area contributed by atoms with Crippen LogP contribution in [0.25, 0.3) is 0 Å². The zero-order valence-corrected chi connectivity index (χ0v) is 12.7. The predicted molar refractivity (Wildman–Crippen MR) is 74.0 cm³/mol. The predicted octanol–water partition coefficient (Wildman–Crippen LogP) is 2.13. The van der Waals surface area contributed by atoms with Crippen molar-refractivity contribution in [2.24, 2.45) is 0 Å². The summed E-state index contributed by atoms with van der Waals surface area (Å²) in [5, 5.41) is 8.08. The van der Waals surface area contributed by atoms with Gasteiger partial charge in [-0.2, -0.15) is 0 Å². The molecule has 0 unspecified atom stereocenters. The van der Waals surface area contributed by atoms with Gasteiger partial charge in [-0.25, -0.2) is 12.8 Å². The molecule has 0 saturated carbocycles. The Morgan fingerprint density at radius 1 is 1.42 bits per heavy atom. The van der Waals surface area contributed by atoms with Gasteiger partial charge in [0.2, 0.25) is 5.13 Å². The molecule has 1 aromatic carbocycles. The van der Waals surface area contributed by atoms with Crippen molar-refractivity contribution in [1.29, 1.82) is 0 Å². The molecule has 2 aromatic rings. The molecule has 0 amide bonds. The highest BCUT2D eigenvalue weighted by atomic mass is 79.9. The van der Waals surface area contributed by atoms with E-state index in [9.17, 15) is 12.8 Å². The largest absolute Gasteiger partial charge is 0.398 e. The molecule has 0 bridgehead atoms. The molecular formula is C9H8BrFN4O2S2. The fourth-order valence-electron chi connectivity index (χ4n) is 1.28. The van der Waals surface area contributed by atoms with Crippen molar-refractivity contribution < 1.29 is 12.8 Å². The maximum absolute atomic E-state index is 13.2. The smallest absolute Gasteiger partial charge is 0.265 e. The number of nitrogens with zero attached hydrogens (tertiary/aromatic N) is 2. The Morgan fingerprint density at radius 2 is 2.11 bits per heavy atom. The monoisotopic (exact) mass is 366 g/mol. The Balaban J connectivity index is 2.42. The molecular weight excluding hydrogens is 359 g/mol. The second kappa shape index (κ2) is 5.02. The van der Waals surface area contributed by atoms with Crippen LogP contribution in [0.5, 0.6) is 0 Å². The van der Waals surface area contributed by atoms with E-state index in [1.165, 1.54) is 0 Å². The van der Waals surface area contributed by atoms with Crippen molar-refractivity contribution in [2.75, 3.05) is 10.5 Å². The third kappa shape index (κ3) is 3.01. The summed E-state index contributed by atoms with van der Waals surface area (Å²) in [6.45, 7) is 1.69. The quantitative estimate of drug-likeness (QED) is 0.810. The van der Waals surface area contributed by atoms with E-state index in [4.69, 9.17) is 5.73 Å². The maximum atomic E-state index is 13.2. The number of rotatable bonds is 3. The molecule has 0 fully saturated rings. The lowest BCUT2D eigenvalue weighted by Gasteiger charge is -2.08. The van der Waals surface area contributed by atoms with Gasteiger partial charge in [-0.1, -0.05) is 11.3 Å². The standard InChI is InChI=1S/C9H8BrFN4O2S2/c1-4-13-14-9(18-4)15-19(16,17)8-2-5(10)6(11)3-7(8)12/h2-3H,12H2,1H3,(H,14,15). The number of hydrogen-bond donors (Lipinski definition) is 2. The molecule has 0 atom stereocenters. The molecule has 102 valence electrons. The number of benzene rings is 1. The number of anilines is 2. The van der Waals surface area contributed by atoms with Crippen molar-refractivity contribution in [2.45, 2.75) is 11.8 Å². The summed E-state index contributed by atoms with van der Waals surface area (Å²) < 4.78 is 39.7. The van der Waals surface area contributed by atoms with E-state index in [0.717, 1.165) is 23.5 Å². The molecule has 2 rings (SSSR count). The summed E-state index contributed by atoms with van der Waals surface area (Å²) >= 11 is 4.00. The van der Waals surface area contributed by atoms with Gasteiger partial charge in [0.25, 0.3) is 10.0 Å². The van der Waals surface area contributed by atoms with E-state index in [0.29, 0.717) is 5.01 Å². The first-order chi connectivity index (χ1) is 8.79. The number of nitrogen functional groups attached to an aromatic ring is 1. The minimum absolute atomic E-state index is 0.00974. The molecule has 0 saturated heterocycles. The summed E-state index contributed by atoms with van der Waals surface area (Å²) in [7, 11) is -3.93. The number of sulfonamides is 1. The Labute approximate surface area is 121 Å². The summed E-state index contributed by atoms with van der Waals surface area (Å²) in [5.41, 5.74) is 5.34. The molecule has 3 N–H and O–H groups in total. The van der Waals surface area contributed by atoms with Gasteiger partial charge in [0.1, 0.15) is 15.7 Å². The number of nitrogens with one attached hydrogen (secondary N) is 1. The average molecular weight is 367 g/mol. The van der Waals surface area contributed by atoms with Crippen molar-refractivity contribution in [3.63, 3.8) is 0 Å². The molecule has 1 aromatic heterocycles. The number of hydrogen-bond acceptors (Lipinski definition) is 6. The lowest BCUT2D eigenvalue weighted by molar-refractivity contribution is 0.599. The van der Waals surface area contributed by atoms with Crippen LogP contribution in [0, 0.1) is 12.7 Å². The summed E-state index contributed by atoms with van der Waals surface area (Å²) in [4.78, 5) is -0.228. The first-order valence-corrected chi connectivity index (χ1v) is 7.96. The van der Waals surface area contributed by atoms with Crippen LogP contribution in [-0.4, -0.2) is 18.6 Å². The zero-order chi connectivity index (χ0) is 14.2. The van der Waals surface area contributed by atoms with E-state index in [1.54, 1.807) is 6.92 Å². The van der Waals surface area contributed by atoms with Gasteiger partial charge < -0.3 is 5.73 Å². The first-order valence-electron chi connectivity index (χ1n) is 4.87. The SMILES string of the molecule is Cc1nnc(NS(=O)(=O)c2cc(Br)c(F)cc2N)s1. The molecule has 0 aliphatic carbocycles. The number of nitrogens with two attached hydrogens (primary N) is 1. The molecule has 6 nitrogen and oxygen atoms in total. The Hall–Kier alpha value is -1.26. The molecule has 0 spiro atoms. The lowest BCUT2D eigenvalue weighted by atomic mass is 10.3. The maximum Gasteiger partial charge on any atom is 0.265 e. The summed E-state index contributed by atoms with van der Waals surface area (Å²) in [5.74, 6) is -0.636. The highest BCUT2D eigenvalue weighted by Gasteiger charge is 2.21. The van der Waals surface area contributed by atoms with E-state index in [-0.39, 0.29) is 20.2 Å². The van der Waals surface area contributed by atoms with Crippen LogP contribution in [0.4, 0.5) is 15.2 Å². The van der Waals surface area contributed by atoms with E-state index in [1.807, 2.05) is 0 Å². The molecule has 1 heterocycles. The fraction of sp³-hybridized carbons (Fsp3) is 0.111. The van der Waals surface area contributed by atoms with E-state index >= 15 is 0 Å². The Kier molecular flexibility index (Phi) is 3.74. The normalized spacial score (nSPS) is 11.5. The second-order valence-corrected chi connectivity index (χ2v) is 7.22. The number of aryl methyl sites for hydroxylation is 1. The number of aromatic nitrogens is 2. The average Bonchev–Trinajstić information content (AvgIpc) is 2.68. The minimum Gasteiger partial charge on any atom is -0.398 e. The molecule has 0 aliphatic rings. The van der Waals surface area contributed by atoms with Gasteiger partial charge in [-0.05, 0) is 35.0 Å². The molecule has 0 radical (unpaired) electrons. The molecule has 19 heavy (non-hydrogen) atoms. The van der Waals surface area contributed by atoms with Gasteiger partial charge in [0.15, 0.2) is 0 Å². The third-order valence-corrected chi connectivity index (χ3v) is 4.98. The van der Waals surface area contributed by atoms with Crippen LogP contribution in [0.15, 0.2) is 21.5 Å². The van der Waals surface area contributed by atoms with E-state index in [2.05, 4.69) is 30.8 Å². The Morgan fingerprint density at radius 3 is 2.68 bits per heavy atom. The summed E-state index contributed by atoms with van der Waals surface area (Å²) in [6, 6.07) is 2.03. The van der Waals surface area contributed by atoms with Crippen LogP contribution in [-0.2, 0) is 10.0 Å². The topological polar surface area (TPSA) is 98.0 Å². The van der Waals surface area contributed by atoms with E-state index < -0.39 is 15.8 Å².